The molecule has 0 aliphatic rings. The maximum atomic E-state index is 6.29. The highest BCUT2D eigenvalue weighted by Crippen LogP contribution is 2.38. The SMILES string of the molecule is c1ccc(-c2ccc3c4ccccc4n(-c4ccc(-c5ccc(-c6cccc7c6oc6ccccc67)cc5)cc4)c3c2)cc1. The predicted octanol–water partition coefficient (Wildman–Crippen LogP) is 11.7. The average molecular weight is 562 g/mol. The predicted molar refractivity (Wildman–Crippen MR) is 184 cm³/mol. The molecule has 0 aliphatic carbocycles. The smallest absolute Gasteiger partial charge is 0.143 e. The molecule has 206 valence electrons. The van der Waals surface area contributed by atoms with Gasteiger partial charge in [-0.2, -0.15) is 0 Å². The first-order valence-electron chi connectivity index (χ1n) is 15.0. The van der Waals surface area contributed by atoms with E-state index in [0.29, 0.717) is 0 Å². The molecule has 2 heterocycles. The molecule has 0 bridgehead atoms. The van der Waals surface area contributed by atoms with Gasteiger partial charge in [0.15, 0.2) is 0 Å². The van der Waals surface area contributed by atoms with Gasteiger partial charge in [0.25, 0.3) is 0 Å². The van der Waals surface area contributed by atoms with Crippen LogP contribution in [-0.4, -0.2) is 4.57 Å². The molecule has 2 nitrogen and oxygen atoms in total. The Morgan fingerprint density at radius 2 is 0.955 bits per heavy atom. The minimum absolute atomic E-state index is 0.922. The Morgan fingerprint density at radius 1 is 0.364 bits per heavy atom. The maximum Gasteiger partial charge on any atom is 0.143 e. The van der Waals surface area contributed by atoms with Crippen LogP contribution in [0, 0.1) is 0 Å². The lowest BCUT2D eigenvalue weighted by Gasteiger charge is -2.11. The van der Waals surface area contributed by atoms with Gasteiger partial charge in [-0.15, -0.1) is 0 Å². The van der Waals surface area contributed by atoms with E-state index in [1.54, 1.807) is 0 Å². The second kappa shape index (κ2) is 9.86. The summed E-state index contributed by atoms with van der Waals surface area (Å²) in [5, 5.41) is 4.83. The highest BCUT2D eigenvalue weighted by Gasteiger charge is 2.14. The van der Waals surface area contributed by atoms with Crippen molar-refractivity contribution in [3.05, 3.63) is 164 Å². The van der Waals surface area contributed by atoms with E-state index in [4.69, 9.17) is 4.42 Å². The lowest BCUT2D eigenvalue weighted by molar-refractivity contribution is 0.670. The van der Waals surface area contributed by atoms with E-state index >= 15 is 0 Å². The third-order valence-corrected chi connectivity index (χ3v) is 8.84. The molecule has 7 aromatic carbocycles. The van der Waals surface area contributed by atoms with E-state index in [2.05, 4.69) is 156 Å². The largest absolute Gasteiger partial charge is 0.455 e. The van der Waals surface area contributed by atoms with Crippen molar-refractivity contribution in [2.45, 2.75) is 0 Å². The maximum absolute atomic E-state index is 6.29. The number of hydrogen-bond acceptors (Lipinski definition) is 1. The molecule has 44 heavy (non-hydrogen) atoms. The van der Waals surface area contributed by atoms with E-state index < -0.39 is 0 Å². The fourth-order valence-electron chi connectivity index (χ4n) is 6.68. The van der Waals surface area contributed by atoms with Crippen molar-refractivity contribution in [1.82, 2.24) is 4.57 Å². The lowest BCUT2D eigenvalue weighted by atomic mass is 9.98. The summed E-state index contributed by atoms with van der Waals surface area (Å²) < 4.78 is 8.68. The molecule has 9 rings (SSSR count). The van der Waals surface area contributed by atoms with Crippen molar-refractivity contribution in [3.63, 3.8) is 0 Å². The monoisotopic (exact) mass is 561 g/mol. The van der Waals surface area contributed by atoms with Crippen molar-refractivity contribution < 1.29 is 4.42 Å². The molecule has 0 aliphatic heterocycles. The number of furan rings is 1. The van der Waals surface area contributed by atoms with Crippen LogP contribution in [0.1, 0.15) is 0 Å². The number of fused-ring (bicyclic) bond motifs is 6. The first-order chi connectivity index (χ1) is 21.8. The number of hydrogen-bond donors (Lipinski definition) is 0. The average Bonchev–Trinajstić information content (AvgIpc) is 3.64. The van der Waals surface area contributed by atoms with Crippen molar-refractivity contribution >= 4 is 43.7 Å². The molecule has 2 aromatic heterocycles. The van der Waals surface area contributed by atoms with Gasteiger partial charge in [-0.05, 0) is 58.1 Å². The molecule has 0 saturated heterocycles. The number of para-hydroxylation sites is 3. The third-order valence-electron chi connectivity index (χ3n) is 8.84. The first-order valence-corrected chi connectivity index (χ1v) is 15.0. The molecular weight excluding hydrogens is 534 g/mol. The van der Waals surface area contributed by atoms with Gasteiger partial charge in [0.2, 0.25) is 0 Å². The number of benzene rings is 7. The summed E-state index contributed by atoms with van der Waals surface area (Å²) in [7, 11) is 0. The van der Waals surface area contributed by atoms with E-state index in [1.165, 1.54) is 44.1 Å². The van der Waals surface area contributed by atoms with Crippen LogP contribution in [0.4, 0.5) is 0 Å². The van der Waals surface area contributed by atoms with Crippen LogP contribution in [0.3, 0.4) is 0 Å². The Balaban J connectivity index is 1.10. The van der Waals surface area contributed by atoms with Crippen molar-refractivity contribution in [1.29, 1.82) is 0 Å². The summed E-state index contributed by atoms with van der Waals surface area (Å²) in [6.07, 6.45) is 0. The molecule has 9 aromatic rings. The zero-order chi connectivity index (χ0) is 29.0. The topological polar surface area (TPSA) is 18.1 Å². The van der Waals surface area contributed by atoms with Gasteiger partial charge in [0.1, 0.15) is 11.2 Å². The molecule has 0 N–H and O–H groups in total. The molecule has 0 saturated carbocycles. The third kappa shape index (κ3) is 3.89. The highest BCUT2D eigenvalue weighted by atomic mass is 16.3. The summed E-state index contributed by atoms with van der Waals surface area (Å²) in [5.41, 5.74) is 12.5. The zero-order valence-corrected chi connectivity index (χ0v) is 23.9. The highest BCUT2D eigenvalue weighted by molar-refractivity contribution is 6.11. The summed E-state index contributed by atoms with van der Waals surface area (Å²) in [6.45, 7) is 0. The second-order valence-corrected chi connectivity index (χ2v) is 11.4. The van der Waals surface area contributed by atoms with E-state index in [0.717, 1.165) is 38.8 Å². The van der Waals surface area contributed by atoms with Gasteiger partial charge >= 0.3 is 0 Å². The summed E-state index contributed by atoms with van der Waals surface area (Å²) in [5.74, 6) is 0. The second-order valence-electron chi connectivity index (χ2n) is 11.4. The molecule has 0 atom stereocenters. The lowest BCUT2D eigenvalue weighted by Crippen LogP contribution is -1.94. The quantitative estimate of drug-likeness (QED) is 0.209. The standard InChI is InChI=1S/C42H27NO/c1-2-9-28(10-3-1)32-23-26-36-35-11-4-6-15-39(35)43(40(36)27-32)33-24-21-30(22-25-33)29-17-19-31(20-18-29)34-13-8-14-38-37-12-5-7-16-41(37)44-42(34)38/h1-27H. The summed E-state index contributed by atoms with van der Waals surface area (Å²) >= 11 is 0. The van der Waals surface area contributed by atoms with E-state index in [9.17, 15) is 0 Å². The Morgan fingerprint density at radius 3 is 1.77 bits per heavy atom. The van der Waals surface area contributed by atoms with Crippen LogP contribution in [-0.2, 0) is 0 Å². The fourth-order valence-corrected chi connectivity index (χ4v) is 6.68. The fraction of sp³-hybridized carbons (Fsp3) is 0. The van der Waals surface area contributed by atoms with Crippen LogP contribution < -0.4 is 0 Å². The van der Waals surface area contributed by atoms with Gasteiger partial charge in [-0.1, -0.05) is 133 Å². The minimum Gasteiger partial charge on any atom is -0.455 e. The van der Waals surface area contributed by atoms with E-state index in [1.807, 2.05) is 12.1 Å². The molecule has 0 unspecified atom stereocenters. The Labute approximate surface area is 255 Å². The Hall–Kier alpha value is -5.86. The molecule has 0 amide bonds. The van der Waals surface area contributed by atoms with E-state index in [-0.39, 0.29) is 0 Å². The van der Waals surface area contributed by atoms with Gasteiger partial charge in [0, 0.05) is 32.8 Å². The van der Waals surface area contributed by atoms with Crippen LogP contribution in [0.15, 0.2) is 168 Å². The normalized spacial score (nSPS) is 11.6. The van der Waals surface area contributed by atoms with Crippen molar-refractivity contribution in [2.24, 2.45) is 0 Å². The number of nitrogens with zero attached hydrogens (tertiary/aromatic N) is 1. The Kier molecular flexibility index (Phi) is 5.54. The van der Waals surface area contributed by atoms with Crippen molar-refractivity contribution in [2.75, 3.05) is 0 Å². The molecular formula is C42H27NO. The van der Waals surface area contributed by atoms with Gasteiger partial charge in [-0.25, -0.2) is 0 Å². The number of rotatable bonds is 4. The van der Waals surface area contributed by atoms with Gasteiger partial charge in [-0.3, -0.25) is 0 Å². The van der Waals surface area contributed by atoms with Crippen LogP contribution in [0.2, 0.25) is 0 Å². The van der Waals surface area contributed by atoms with Gasteiger partial charge in [0.05, 0.1) is 11.0 Å². The van der Waals surface area contributed by atoms with Crippen LogP contribution >= 0.6 is 0 Å². The zero-order valence-electron chi connectivity index (χ0n) is 23.9. The molecule has 0 fully saturated rings. The molecule has 0 spiro atoms. The van der Waals surface area contributed by atoms with Crippen LogP contribution in [0.25, 0.3) is 82.8 Å². The summed E-state index contributed by atoms with van der Waals surface area (Å²) in [6, 6.07) is 58.5. The minimum atomic E-state index is 0.922. The first kappa shape index (κ1) is 24.7. The summed E-state index contributed by atoms with van der Waals surface area (Å²) in [4.78, 5) is 0. The van der Waals surface area contributed by atoms with Crippen molar-refractivity contribution in [3.8, 4) is 39.1 Å². The number of aromatic nitrogens is 1. The molecule has 2 heteroatoms. The Bertz CT molecular complexity index is 2460. The molecule has 0 radical (unpaired) electrons. The van der Waals surface area contributed by atoms with Crippen LogP contribution in [0.5, 0.6) is 0 Å². The van der Waals surface area contributed by atoms with Gasteiger partial charge < -0.3 is 8.98 Å².